The Morgan fingerprint density at radius 1 is 1.11 bits per heavy atom. The Balaban J connectivity index is 1.39. The average Bonchev–Trinajstić information content (AvgIpc) is 3.20. The molecule has 27 heavy (non-hydrogen) atoms. The van der Waals surface area contributed by atoms with E-state index in [2.05, 4.69) is 31.4 Å². The standard InChI is InChI=1S/C20H25BrN4O2/c21-16-10-8-14(9-11-16)18-23-19(27-24-18)15-5-4-12-25(13-15)20(26)22-17-6-2-1-3-7-17/h8-11,15,17H,1-7,12-13H2,(H,22,26). The van der Waals surface area contributed by atoms with E-state index in [0.29, 0.717) is 24.3 Å². The summed E-state index contributed by atoms with van der Waals surface area (Å²) in [5.74, 6) is 1.33. The number of carbonyl (C=O) groups excluding carboxylic acids is 1. The van der Waals surface area contributed by atoms with E-state index in [0.717, 1.165) is 42.3 Å². The Hall–Kier alpha value is -1.89. The number of aromatic nitrogens is 2. The zero-order valence-electron chi connectivity index (χ0n) is 15.4. The van der Waals surface area contributed by atoms with Crippen LogP contribution in [0.5, 0.6) is 0 Å². The number of hydrogen-bond acceptors (Lipinski definition) is 4. The van der Waals surface area contributed by atoms with Crippen LogP contribution in [-0.2, 0) is 0 Å². The number of halogens is 1. The Morgan fingerprint density at radius 2 is 1.89 bits per heavy atom. The molecule has 2 amide bonds. The number of urea groups is 1. The average molecular weight is 433 g/mol. The monoisotopic (exact) mass is 432 g/mol. The number of piperidine rings is 1. The van der Waals surface area contributed by atoms with E-state index < -0.39 is 0 Å². The molecule has 0 spiro atoms. The summed E-state index contributed by atoms with van der Waals surface area (Å²) in [6, 6.07) is 8.23. The summed E-state index contributed by atoms with van der Waals surface area (Å²) in [5.41, 5.74) is 0.927. The van der Waals surface area contributed by atoms with Crippen molar-refractivity contribution in [2.45, 2.75) is 56.9 Å². The van der Waals surface area contributed by atoms with Crippen molar-refractivity contribution in [3.05, 3.63) is 34.6 Å². The number of nitrogens with zero attached hydrogens (tertiary/aromatic N) is 3. The molecule has 2 aromatic rings. The highest BCUT2D eigenvalue weighted by molar-refractivity contribution is 9.10. The van der Waals surface area contributed by atoms with Crippen molar-refractivity contribution in [1.82, 2.24) is 20.4 Å². The molecule has 4 rings (SSSR count). The fourth-order valence-electron chi connectivity index (χ4n) is 3.99. The molecule has 144 valence electrons. The van der Waals surface area contributed by atoms with Crippen LogP contribution in [0.2, 0.25) is 0 Å². The Bertz CT molecular complexity index is 771. The lowest BCUT2D eigenvalue weighted by Crippen LogP contribution is -2.48. The molecule has 7 heteroatoms. The summed E-state index contributed by atoms with van der Waals surface area (Å²) in [5, 5.41) is 7.35. The van der Waals surface area contributed by atoms with Gasteiger partial charge < -0.3 is 14.7 Å². The summed E-state index contributed by atoms with van der Waals surface area (Å²) in [6.07, 6.45) is 7.85. The summed E-state index contributed by atoms with van der Waals surface area (Å²) >= 11 is 3.43. The predicted molar refractivity (Wildman–Crippen MR) is 106 cm³/mol. The van der Waals surface area contributed by atoms with E-state index in [-0.39, 0.29) is 11.9 Å². The summed E-state index contributed by atoms with van der Waals surface area (Å²) in [7, 11) is 0. The first-order valence-electron chi connectivity index (χ1n) is 9.84. The number of likely N-dealkylation sites (tertiary alicyclic amines) is 1. The van der Waals surface area contributed by atoms with Crippen molar-refractivity contribution in [1.29, 1.82) is 0 Å². The van der Waals surface area contributed by atoms with Crippen LogP contribution in [0.4, 0.5) is 4.79 Å². The van der Waals surface area contributed by atoms with Crippen LogP contribution in [0.15, 0.2) is 33.3 Å². The zero-order valence-corrected chi connectivity index (χ0v) is 17.0. The van der Waals surface area contributed by atoms with Gasteiger partial charge in [-0.2, -0.15) is 4.98 Å². The highest BCUT2D eigenvalue weighted by Gasteiger charge is 2.29. The van der Waals surface area contributed by atoms with Crippen LogP contribution in [0.3, 0.4) is 0 Å². The van der Waals surface area contributed by atoms with Gasteiger partial charge in [-0.1, -0.05) is 40.3 Å². The van der Waals surface area contributed by atoms with Gasteiger partial charge in [-0.15, -0.1) is 0 Å². The van der Waals surface area contributed by atoms with Crippen LogP contribution in [0, 0.1) is 0 Å². The Morgan fingerprint density at radius 3 is 2.67 bits per heavy atom. The van der Waals surface area contributed by atoms with Gasteiger partial charge in [0.15, 0.2) is 0 Å². The van der Waals surface area contributed by atoms with Gasteiger partial charge in [0, 0.05) is 29.2 Å². The SMILES string of the molecule is O=C(NC1CCCCC1)N1CCCC(c2nc(-c3ccc(Br)cc3)no2)C1. The van der Waals surface area contributed by atoms with E-state index in [4.69, 9.17) is 4.52 Å². The van der Waals surface area contributed by atoms with Crippen molar-refractivity contribution in [3.8, 4) is 11.4 Å². The Labute approximate surface area is 167 Å². The van der Waals surface area contributed by atoms with Gasteiger partial charge in [-0.3, -0.25) is 0 Å². The maximum Gasteiger partial charge on any atom is 0.317 e. The highest BCUT2D eigenvalue weighted by Crippen LogP contribution is 2.28. The first-order chi connectivity index (χ1) is 13.2. The summed E-state index contributed by atoms with van der Waals surface area (Å²) < 4.78 is 6.55. The van der Waals surface area contributed by atoms with Crippen LogP contribution in [0.25, 0.3) is 11.4 Å². The molecular formula is C20H25BrN4O2. The minimum Gasteiger partial charge on any atom is -0.339 e. The molecule has 2 aliphatic rings. The molecule has 0 radical (unpaired) electrons. The van der Waals surface area contributed by atoms with Crippen molar-refractivity contribution < 1.29 is 9.32 Å². The molecule has 1 N–H and O–H groups in total. The quantitative estimate of drug-likeness (QED) is 0.761. The lowest BCUT2D eigenvalue weighted by atomic mass is 9.95. The van der Waals surface area contributed by atoms with E-state index in [9.17, 15) is 4.79 Å². The van der Waals surface area contributed by atoms with Crippen LogP contribution < -0.4 is 5.32 Å². The first-order valence-corrected chi connectivity index (χ1v) is 10.6. The van der Waals surface area contributed by atoms with Gasteiger partial charge in [0.2, 0.25) is 11.7 Å². The molecule has 2 fully saturated rings. The molecule has 1 aromatic carbocycles. The van der Waals surface area contributed by atoms with Gasteiger partial charge in [0.25, 0.3) is 0 Å². The van der Waals surface area contributed by atoms with Crippen LogP contribution in [-0.4, -0.2) is 40.2 Å². The molecule has 1 saturated carbocycles. The van der Waals surface area contributed by atoms with Gasteiger partial charge in [0.1, 0.15) is 0 Å². The van der Waals surface area contributed by atoms with Gasteiger partial charge >= 0.3 is 6.03 Å². The minimum atomic E-state index is 0.0549. The second-order valence-corrected chi connectivity index (χ2v) is 8.45. The lowest BCUT2D eigenvalue weighted by Gasteiger charge is -2.33. The molecule has 1 saturated heterocycles. The molecule has 1 aromatic heterocycles. The van der Waals surface area contributed by atoms with Crippen molar-refractivity contribution in [2.75, 3.05) is 13.1 Å². The van der Waals surface area contributed by atoms with E-state index >= 15 is 0 Å². The predicted octanol–water partition coefficient (Wildman–Crippen LogP) is 4.72. The first kappa shape index (κ1) is 18.5. The molecule has 1 atom stereocenters. The lowest BCUT2D eigenvalue weighted by molar-refractivity contribution is 0.166. The van der Waals surface area contributed by atoms with Gasteiger partial charge in [-0.05, 0) is 49.9 Å². The third kappa shape index (κ3) is 4.51. The summed E-state index contributed by atoms with van der Waals surface area (Å²) in [4.78, 5) is 19.1. The molecule has 0 bridgehead atoms. The number of benzene rings is 1. The zero-order chi connectivity index (χ0) is 18.6. The minimum absolute atomic E-state index is 0.0549. The maximum absolute atomic E-state index is 12.6. The highest BCUT2D eigenvalue weighted by atomic mass is 79.9. The van der Waals surface area contributed by atoms with E-state index in [1.807, 2.05) is 29.2 Å². The fraction of sp³-hybridized carbons (Fsp3) is 0.550. The van der Waals surface area contributed by atoms with E-state index in [1.54, 1.807) is 0 Å². The normalized spacial score (nSPS) is 21.2. The third-order valence-corrected chi connectivity index (χ3v) is 6.06. The Kier molecular flexibility index (Phi) is 5.76. The second-order valence-electron chi connectivity index (χ2n) is 7.53. The molecular weight excluding hydrogens is 408 g/mol. The molecule has 2 heterocycles. The summed E-state index contributed by atoms with van der Waals surface area (Å²) in [6.45, 7) is 1.43. The second kappa shape index (κ2) is 8.42. The number of hydrogen-bond donors (Lipinski definition) is 1. The maximum atomic E-state index is 12.6. The third-order valence-electron chi connectivity index (χ3n) is 5.53. The molecule has 1 aliphatic heterocycles. The van der Waals surface area contributed by atoms with Crippen molar-refractivity contribution in [3.63, 3.8) is 0 Å². The number of amides is 2. The number of nitrogens with one attached hydrogen (secondary N) is 1. The largest absolute Gasteiger partial charge is 0.339 e. The van der Waals surface area contributed by atoms with Gasteiger partial charge in [-0.25, -0.2) is 4.79 Å². The van der Waals surface area contributed by atoms with E-state index in [1.165, 1.54) is 19.3 Å². The topological polar surface area (TPSA) is 71.3 Å². The fourth-order valence-corrected chi connectivity index (χ4v) is 4.26. The molecule has 1 aliphatic carbocycles. The van der Waals surface area contributed by atoms with Crippen LogP contribution >= 0.6 is 15.9 Å². The number of rotatable bonds is 3. The molecule has 1 unspecified atom stereocenters. The van der Waals surface area contributed by atoms with Crippen LogP contribution in [0.1, 0.15) is 56.8 Å². The smallest absolute Gasteiger partial charge is 0.317 e. The number of carbonyl (C=O) groups is 1. The molecule has 6 nitrogen and oxygen atoms in total. The van der Waals surface area contributed by atoms with Crippen molar-refractivity contribution >= 4 is 22.0 Å². The van der Waals surface area contributed by atoms with Crippen molar-refractivity contribution in [2.24, 2.45) is 0 Å². The van der Waals surface area contributed by atoms with Gasteiger partial charge in [0.05, 0.1) is 5.92 Å².